The van der Waals surface area contributed by atoms with Crippen molar-refractivity contribution in [2.75, 3.05) is 38.1 Å². The topological polar surface area (TPSA) is 88.2 Å². The average Bonchev–Trinajstić information content (AvgIpc) is 2.44. The number of anilines is 1. The SMILES string of the molecule is CC(=O)NCCNc1cc([C@@H]2CNCCO2)nc(C)n1. The van der Waals surface area contributed by atoms with E-state index >= 15 is 0 Å². The number of amides is 1. The molecule has 0 saturated carbocycles. The van der Waals surface area contributed by atoms with Gasteiger partial charge >= 0.3 is 0 Å². The second kappa shape index (κ2) is 7.16. The van der Waals surface area contributed by atoms with Gasteiger partial charge in [0.25, 0.3) is 0 Å². The number of carbonyl (C=O) groups is 1. The summed E-state index contributed by atoms with van der Waals surface area (Å²) in [6.07, 6.45) is -0.0265. The Kier molecular flexibility index (Phi) is 5.25. The smallest absolute Gasteiger partial charge is 0.216 e. The van der Waals surface area contributed by atoms with Crippen molar-refractivity contribution in [3.05, 3.63) is 17.6 Å². The molecule has 110 valence electrons. The molecule has 1 aromatic rings. The fourth-order valence-corrected chi connectivity index (χ4v) is 2.03. The molecule has 0 unspecified atom stereocenters. The van der Waals surface area contributed by atoms with Gasteiger partial charge in [0.15, 0.2) is 0 Å². The first kappa shape index (κ1) is 14.7. The zero-order valence-electron chi connectivity index (χ0n) is 11.9. The summed E-state index contributed by atoms with van der Waals surface area (Å²) in [5, 5.41) is 9.19. The average molecular weight is 279 g/mol. The highest BCUT2D eigenvalue weighted by Gasteiger charge is 2.18. The van der Waals surface area contributed by atoms with Crippen molar-refractivity contribution in [3.8, 4) is 0 Å². The Labute approximate surface area is 118 Å². The molecule has 20 heavy (non-hydrogen) atoms. The molecule has 1 amide bonds. The molecule has 1 aliphatic rings. The Bertz CT molecular complexity index is 460. The van der Waals surface area contributed by atoms with Crippen LogP contribution in [0, 0.1) is 6.92 Å². The zero-order chi connectivity index (χ0) is 14.4. The highest BCUT2D eigenvalue weighted by Crippen LogP contribution is 2.19. The molecule has 1 saturated heterocycles. The Morgan fingerprint density at radius 1 is 1.50 bits per heavy atom. The first-order chi connectivity index (χ1) is 9.65. The minimum atomic E-state index is -0.0342. The van der Waals surface area contributed by atoms with E-state index in [1.165, 1.54) is 6.92 Å². The van der Waals surface area contributed by atoms with Gasteiger partial charge in [-0.05, 0) is 6.92 Å². The Hall–Kier alpha value is -1.73. The standard InChI is InChI=1S/C13H21N5O2/c1-9-17-11(12-8-14-5-6-20-12)7-13(18-9)16-4-3-15-10(2)19/h7,12,14H,3-6,8H2,1-2H3,(H,15,19)(H,16,17,18)/t12-/m0/s1. The number of hydrogen-bond donors (Lipinski definition) is 3. The fourth-order valence-electron chi connectivity index (χ4n) is 2.03. The van der Waals surface area contributed by atoms with Crippen LogP contribution in [-0.2, 0) is 9.53 Å². The van der Waals surface area contributed by atoms with Crippen LogP contribution in [0.3, 0.4) is 0 Å². The lowest BCUT2D eigenvalue weighted by molar-refractivity contribution is -0.118. The predicted molar refractivity (Wildman–Crippen MR) is 75.5 cm³/mol. The molecule has 0 aromatic carbocycles. The van der Waals surface area contributed by atoms with Crippen molar-refractivity contribution in [3.63, 3.8) is 0 Å². The maximum atomic E-state index is 10.8. The second-order valence-electron chi connectivity index (χ2n) is 4.70. The number of rotatable bonds is 5. The maximum absolute atomic E-state index is 10.8. The molecular weight excluding hydrogens is 258 g/mol. The Morgan fingerprint density at radius 2 is 2.35 bits per heavy atom. The lowest BCUT2D eigenvalue weighted by Crippen LogP contribution is -2.34. The van der Waals surface area contributed by atoms with Gasteiger partial charge in [-0.15, -0.1) is 0 Å². The first-order valence-corrected chi connectivity index (χ1v) is 6.81. The molecule has 2 rings (SSSR count). The lowest BCUT2D eigenvalue weighted by atomic mass is 10.2. The molecule has 0 aliphatic carbocycles. The van der Waals surface area contributed by atoms with Gasteiger partial charge in [0.1, 0.15) is 17.7 Å². The van der Waals surface area contributed by atoms with Crippen molar-refractivity contribution < 1.29 is 9.53 Å². The summed E-state index contributed by atoms with van der Waals surface area (Å²) in [5.74, 6) is 1.43. The minimum Gasteiger partial charge on any atom is -0.369 e. The zero-order valence-corrected chi connectivity index (χ0v) is 11.9. The number of nitrogens with zero attached hydrogens (tertiary/aromatic N) is 2. The van der Waals surface area contributed by atoms with Gasteiger partial charge in [-0.1, -0.05) is 0 Å². The molecule has 7 nitrogen and oxygen atoms in total. The van der Waals surface area contributed by atoms with Crippen LogP contribution in [-0.4, -0.2) is 48.7 Å². The Balaban J connectivity index is 1.95. The van der Waals surface area contributed by atoms with E-state index in [4.69, 9.17) is 4.74 Å². The van der Waals surface area contributed by atoms with E-state index in [-0.39, 0.29) is 12.0 Å². The van der Waals surface area contributed by atoms with E-state index in [1.54, 1.807) is 0 Å². The first-order valence-electron chi connectivity index (χ1n) is 6.81. The Morgan fingerprint density at radius 3 is 3.05 bits per heavy atom. The van der Waals surface area contributed by atoms with Crippen LogP contribution in [0.1, 0.15) is 24.5 Å². The molecule has 1 aliphatic heterocycles. The number of ether oxygens (including phenoxy) is 1. The van der Waals surface area contributed by atoms with Gasteiger partial charge in [-0.25, -0.2) is 9.97 Å². The normalized spacial score (nSPS) is 18.6. The van der Waals surface area contributed by atoms with Crippen molar-refractivity contribution in [1.82, 2.24) is 20.6 Å². The molecule has 1 atom stereocenters. The van der Waals surface area contributed by atoms with Crippen LogP contribution in [0.25, 0.3) is 0 Å². The number of aromatic nitrogens is 2. The summed E-state index contributed by atoms with van der Waals surface area (Å²) in [5.41, 5.74) is 0.881. The number of aryl methyl sites for hydroxylation is 1. The van der Waals surface area contributed by atoms with E-state index in [0.29, 0.717) is 25.5 Å². The monoisotopic (exact) mass is 279 g/mol. The predicted octanol–water partition coefficient (Wildman–Crippen LogP) is -0.00608. The summed E-state index contributed by atoms with van der Waals surface area (Å²) in [6.45, 7) is 6.89. The van der Waals surface area contributed by atoms with Gasteiger partial charge in [0.05, 0.1) is 12.3 Å². The second-order valence-corrected chi connectivity index (χ2v) is 4.70. The van der Waals surface area contributed by atoms with Crippen molar-refractivity contribution in [1.29, 1.82) is 0 Å². The number of hydrogen-bond acceptors (Lipinski definition) is 6. The lowest BCUT2D eigenvalue weighted by Gasteiger charge is -2.23. The molecular formula is C13H21N5O2. The minimum absolute atomic E-state index is 0.0265. The van der Waals surface area contributed by atoms with Gasteiger partial charge in [0, 0.05) is 39.2 Å². The highest BCUT2D eigenvalue weighted by atomic mass is 16.5. The third kappa shape index (κ3) is 4.43. The summed E-state index contributed by atoms with van der Waals surface area (Å²) in [4.78, 5) is 19.5. The molecule has 0 bridgehead atoms. The highest BCUT2D eigenvalue weighted by molar-refractivity contribution is 5.72. The fraction of sp³-hybridized carbons (Fsp3) is 0.615. The van der Waals surface area contributed by atoms with Crippen LogP contribution in [0.5, 0.6) is 0 Å². The molecule has 2 heterocycles. The molecule has 0 spiro atoms. The van der Waals surface area contributed by atoms with Crippen LogP contribution in [0.4, 0.5) is 5.82 Å². The number of morpholine rings is 1. The number of carbonyl (C=O) groups excluding carboxylic acids is 1. The molecule has 1 fully saturated rings. The molecule has 7 heteroatoms. The van der Waals surface area contributed by atoms with Gasteiger partial charge in [-0.3, -0.25) is 4.79 Å². The van der Waals surface area contributed by atoms with Crippen LogP contribution < -0.4 is 16.0 Å². The number of nitrogens with one attached hydrogen (secondary N) is 3. The summed E-state index contributed by atoms with van der Waals surface area (Å²) < 4.78 is 5.69. The van der Waals surface area contributed by atoms with E-state index < -0.39 is 0 Å². The molecule has 0 radical (unpaired) electrons. The molecule has 1 aromatic heterocycles. The summed E-state index contributed by atoms with van der Waals surface area (Å²) in [7, 11) is 0. The van der Waals surface area contributed by atoms with Crippen molar-refractivity contribution >= 4 is 11.7 Å². The van der Waals surface area contributed by atoms with Gasteiger partial charge in [-0.2, -0.15) is 0 Å². The van der Waals surface area contributed by atoms with Crippen molar-refractivity contribution in [2.45, 2.75) is 20.0 Å². The van der Waals surface area contributed by atoms with E-state index in [9.17, 15) is 4.79 Å². The summed E-state index contributed by atoms with van der Waals surface area (Å²) in [6, 6.07) is 1.90. The largest absolute Gasteiger partial charge is 0.369 e. The van der Waals surface area contributed by atoms with Crippen molar-refractivity contribution in [2.24, 2.45) is 0 Å². The quantitative estimate of drug-likeness (QED) is 0.657. The van der Waals surface area contributed by atoms with Gasteiger partial charge in [0.2, 0.25) is 5.91 Å². The van der Waals surface area contributed by atoms with Crippen LogP contribution in [0.15, 0.2) is 6.07 Å². The van der Waals surface area contributed by atoms with E-state index in [1.807, 2.05) is 13.0 Å². The molecule has 3 N–H and O–H groups in total. The van der Waals surface area contributed by atoms with Crippen LogP contribution >= 0.6 is 0 Å². The third-order valence-corrected chi connectivity index (χ3v) is 2.92. The van der Waals surface area contributed by atoms with Crippen LogP contribution in [0.2, 0.25) is 0 Å². The third-order valence-electron chi connectivity index (χ3n) is 2.92. The van der Waals surface area contributed by atoms with Gasteiger partial charge < -0.3 is 20.7 Å². The summed E-state index contributed by atoms with van der Waals surface area (Å²) >= 11 is 0. The van der Waals surface area contributed by atoms with E-state index in [2.05, 4.69) is 25.9 Å². The maximum Gasteiger partial charge on any atom is 0.216 e. The van der Waals surface area contributed by atoms with E-state index in [0.717, 1.165) is 24.6 Å².